The predicted molar refractivity (Wildman–Crippen MR) is 81.6 cm³/mol. The van der Waals surface area contributed by atoms with Crippen molar-refractivity contribution in [1.82, 2.24) is 15.1 Å². The molecule has 0 amide bonds. The molecule has 0 radical (unpaired) electrons. The molecule has 0 saturated heterocycles. The molecule has 1 aliphatic carbocycles. The van der Waals surface area contributed by atoms with Gasteiger partial charge in [-0.05, 0) is 45.1 Å². The fourth-order valence-corrected chi connectivity index (χ4v) is 3.48. The number of hydrogen-bond donors (Lipinski definition) is 1. The Morgan fingerprint density at radius 2 is 2.00 bits per heavy atom. The third-order valence-corrected chi connectivity index (χ3v) is 4.85. The van der Waals surface area contributed by atoms with Gasteiger partial charge in [-0.15, -0.1) is 10.2 Å². The average molecular weight is 282 g/mol. The van der Waals surface area contributed by atoms with Gasteiger partial charge in [0.1, 0.15) is 5.01 Å². The van der Waals surface area contributed by atoms with Crippen LogP contribution in [0.1, 0.15) is 51.0 Å². The molecule has 0 aromatic carbocycles. The summed E-state index contributed by atoms with van der Waals surface area (Å²) in [5.41, 5.74) is 0. The lowest BCUT2D eigenvalue weighted by Crippen LogP contribution is -2.34. The van der Waals surface area contributed by atoms with E-state index in [0.29, 0.717) is 0 Å². The Labute approximate surface area is 120 Å². The van der Waals surface area contributed by atoms with Gasteiger partial charge < -0.3 is 5.32 Å². The fraction of sp³-hybridized carbons (Fsp3) is 0.857. The van der Waals surface area contributed by atoms with Crippen molar-refractivity contribution in [3.05, 3.63) is 5.01 Å². The Balaban J connectivity index is 1.81. The zero-order chi connectivity index (χ0) is 13.7. The van der Waals surface area contributed by atoms with E-state index in [1.54, 1.807) is 11.3 Å². The van der Waals surface area contributed by atoms with Crippen molar-refractivity contribution in [2.45, 2.75) is 58.5 Å². The molecule has 0 spiro atoms. The highest BCUT2D eigenvalue weighted by Gasteiger charge is 2.22. The van der Waals surface area contributed by atoms with E-state index >= 15 is 0 Å². The number of aromatic nitrogens is 2. The van der Waals surface area contributed by atoms with Crippen molar-refractivity contribution in [2.75, 3.05) is 18.9 Å². The van der Waals surface area contributed by atoms with Crippen LogP contribution < -0.4 is 5.32 Å². The van der Waals surface area contributed by atoms with Crippen molar-refractivity contribution in [2.24, 2.45) is 5.92 Å². The average Bonchev–Trinajstić information content (AvgIpc) is 2.84. The van der Waals surface area contributed by atoms with E-state index < -0.39 is 0 Å². The number of nitrogens with one attached hydrogen (secondary N) is 1. The minimum atomic E-state index is 0.729. The highest BCUT2D eigenvalue weighted by atomic mass is 32.1. The van der Waals surface area contributed by atoms with E-state index in [4.69, 9.17) is 0 Å². The van der Waals surface area contributed by atoms with Gasteiger partial charge >= 0.3 is 0 Å². The molecule has 0 aliphatic heterocycles. The first-order valence-electron chi connectivity index (χ1n) is 7.45. The van der Waals surface area contributed by atoms with Crippen LogP contribution in [0.15, 0.2) is 0 Å². The van der Waals surface area contributed by atoms with Crippen molar-refractivity contribution < 1.29 is 0 Å². The van der Waals surface area contributed by atoms with Gasteiger partial charge in [0, 0.05) is 12.6 Å². The normalized spacial score (nSPS) is 23.8. The van der Waals surface area contributed by atoms with E-state index in [1.165, 1.54) is 25.7 Å². The summed E-state index contributed by atoms with van der Waals surface area (Å²) in [6.45, 7) is 6.44. The molecule has 1 aliphatic rings. The van der Waals surface area contributed by atoms with Crippen LogP contribution in [0.2, 0.25) is 0 Å². The molecule has 1 heterocycles. The molecular weight excluding hydrogens is 256 g/mol. The van der Waals surface area contributed by atoms with Crippen LogP contribution in [-0.2, 0) is 6.54 Å². The summed E-state index contributed by atoms with van der Waals surface area (Å²) in [6.07, 6.45) is 6.52. The second-order valence-corrected chi connectivity index (χ2v) is 6.82. The van der Waals surface area contributed by atoms with Gasteiger partial charge in [-0.2, -0.15) is 0 Å². The van der Waals surface area contributed by atoms with Gasteiger partial charge in [0.05, 0.1) is 6.54 Å². The lowest BCUT2D eigenvalue weighted by atomic mass is 9.87. The summed E-state index contributed by atoms with van der Waals surface area (Å²) < 4.78 is 0. The molecule has 0 atom stereocenters. The maximum atomic E-state index is 4.28. The Morgan fingerprint density at radius 3 is 2.68 bits per heavy atom. The summed E-state index contributed by atoms with van der Waals surface area (Å²) >= 11 is 1.69. The zero-order valence-electron chi connectivity index (χ0n) is 12.4. The largest absolute Gasteiger partial charge is 0.360 e. The minimum absolute atomic E-state index is 0.729. The highest BCUT2D eigenvalue weighted by Crippen LogP contribution is 2.27. The Morgan fingerprint density at radius 1 is 1.26 bits per heavy atom. The fourth-order valence-electron chi connectivity index (χ4n) is 2.65. The first-order valence-corrected chi connectivity index (χ1v) is 8.27. The van der Waals surface area contributed by atoms with E-state index in [0.717, 1.165) is 41.6 Å². The Kier molecular flexibility index (Phi) is 5.58. The molecule has 108 valence electrons. The van der Waals surface area contributed by atoms with E-state index in [2.05, 4.69) is 41.3 Å². The first-order chi connectivity index (χ1) is 9.19. The monoisotopic (exact) mass is 282 g/mol. The maximum Gasteiger partial charge on any atom is 0.205 e. The second kappa shape index (κ2) is 7.20. The predicted octanol–water partition coefficient (Wildman–Crippen LogP) is 3.37. The standard InChI is InChI=1S/C14H26N4S/c1-4-9-15-14-17-16-13(19-14)10-18(3)12-7-5-11(2)6-8-12/h11-12H,4-10H2,1-3H3,(H,15,17). The van der Waals surface area contributed by atoms with Gasteiger partial charge in [-0.3, -0.25) is 4.90 Å². The van der Waals surface area contributed by atoms with Crippen molar-refractivity contribution in [3.8, 4) is 0 Å². The molecule has 1 aromatic heterocycles. The topological polar surface area (TPSA) is 41.1 Å². The van der Waals surface area contributed by atoms with Gasteiger partial charge in [0.2, 0.25) is 5.13 Å². The smallest absolute Gasteiger partial charge is 0.205 e. The second-order valence-electron chi connectivity index (χ2n) is 5.76. The number of nitrogens with zero attached hydrogens (tertiary/aromatic N) is 3. The van der Waals surface area contributed by atoms with Crippen molar-refractivity contribution in [3.63, 3.8) is 0 Å². The summed E-state index contributed by atoms with van der Waals surface area (Å²) in [5.74, 6) is 0.913. The number of anilines is 1. The van der Waals surface area contributed by atoms with Crippen LogP contribution in [0.25, 0.3) is 0 Å². The van der Waals surface area contributed by atoms with E-state index in [1.807, 2.05) is 0 Å². The van der Waals surface area contributed by atoms with E-state index in [9.17, 15) is 0 Å². The molecule has 1 saturated carbocycles. The van der Waals surface area contributed by atoms with Gasteiger partial charge in [0.15, 0.2) is 0 Å². The molecule has 0 bridgehead atoms. The van der Waals surface area contributed by atoms with Crippen molar-refractivity contribution in [1.29, 1.82) is 0 Å². The lowest BCUT2D eigenvalue weighted by Gasteiger charge is -2.32. The SMILES string of the molecule is CCCNc1nnc(CN(C)C2CCC(C)CC2)s1. The molecule has 1 aromatic rings. The third kappa shape index (κ3) is 4.42. The molecule has 1 N–H and O–H groups in total. The van der Waals surface area contributed by atoms with Gasteiger partial charge in [0.25, 0.3) is 0 Å². The number of rotatable bonds is 6. The summed E-state index contributed by atoms with van der Waals surface area (Å²) in [6, 6.07) is 0.729. The Hall–Kier alpha value is -0.680. The van der Waals surface area contributed by atoms with Crippen LogP contribution in [0, 0.1) is 5.92 Å². The Bertz CT molecular complexity index is 371. The maximum absolute atomic E-state index is 4.28. The van der Waals surface area contributed by atoms with Crippen LogP contribution in [0.3, 0.4) is 0 Å². The van der Waals surface area contributed by atoms with Crippen LogP contribution in [0.4, 0.5) is 5.13 Å². The quantitative estimate of drug-likeness (QED) is 0.868. The van der Waals surface area contributed by atoms with Gasteiger partial charge in [-0.1, -0.05) is 25.2 Å². The molecule has 0 unspecified atom stereocenters. The van der Waals surface area contributed by atoms with Crippen LogP contribution in [0.5, 0.6) is 0 Å². The summed E-state index contributed by atoms with van der Waals surface area (Å²) in [7, 11) is 2.22. The van der Waals surface area contributed by atoms with E-state index in [-0.39, 0.29) is 0 Å². The molecule has 1 fully saturated rings. The summed E-state index contributed by atoms with van der Waals surface area (Å²) in [4.78, 5) is 2.45. The van der Waals surface area contributed by atoms with Crippen molar-refractivity contribution >= 4 is 16.5 Å². The first kappa shape index (κ1) is 14.7. The molecule has 2 rings (SSSR count). The molecule has 5 heteroatoms. The molecule has 4 nitrogen and oxygen atoms in total. The zero-order valence-corrected chi connectivity index (χ0v) is 13.2. The number of hydrogen-bond acceptors (Lipinski definition) is 5. The minimum Gasteiger partial charge on any atom is -0.360 e. The summed E-state index contributed by atoms with van der Waals surface area (Å²) in [5, 5.41) is 13.9. The molecular formula is C14H26N4S. The van der Waals surface area contributed by atoms with Gasteiger partial charge in [-0.25, -0.2) is 0 Å². The van der Waals surface area contributed by atoms with Crippen LogP contribution in [-0.4, -0.2) is 34.7 Å². The third-order valence-electron chi connectivity index (χ3n) is 3.99. The van der Waals surface area contributed by atoms with Crippen LogP contribution >= 0.6 is 11.3 Å². The highest BCUT2D eigenvalue weighted by molar-refractivity contribution is 7.15. The molecule has 19 heavy (non-hydrogen) atoms. The lowest BCUT2D eigenvalue weighted by molar-refractivity contribution is 0.163.